The Morgan fingerprint density at radius 2 is 2.38 bits per heavy atom. The zero-order valence-electron chi connectivity index (χ0n) is 8.25. The molecule has 0 aromatic rings. The second kappa shape index (κ2) is 3.52. The quantitative estimate of drug-likeness (QED) is 0.732. The van der Waals surface area contributed by atoms with Gasteiger partial charge in [-0.3, -0.25) is 4.79 Å². The van der Waals surface area contributed by atoms with Crippen LogP contribution in [0.5, 0.6) is 0 Å². The molecular formula is C10H17NOS. The molecule has 0 aromatic carbocycles. The van der Waals surface area contributed by atoms with Gasteiger partial charge in [0.05, 0.1) is 0 Å². The molecule has 0 aliphatic carbocycles. The number of rotatable bonds is 2. The molecule has 2 aliphatic rings. The molecule has 2 saturated heterocycles. The predicted octanol–water partition coefficient (Wildman–Crippen LogP) is 1.65. The van der Waals surface area contributed by atoms with Crippen LogP contribution in [-0.2, 0) is 4.79 Å². The standard InChI is InChI=1S/C10H17NOS/c1-3-4-8-9-7(5-13-8)6(2)10(12)11-9/h6-9H,3-5H2,1-2H3,(H,11,12)/t6-,7?,8-,9?/m0/s1. The third-order valence-electron chi connectivity index (χ3n) is 3.30. The normalized spacial score (nSPS) is 43.4. The molecule has 2 aliphatic heterocycles. The van der Waals surface area contributed by atoms with E-state index in [1.165, 1.54) is 18.6 Å². The maximum absolute atomic E-state index is 11.4. The molecule has 2 rings (SSSR count). The Kier molecular flexibility index (Phi) is 2.54. The van der Waals surface area contributed by atoms with Gasteiger partial charge in [-0.15, -0.1) is 0 Å². The second-order valence-corrected chi connectivity index (χ2v) is 5.42. The lowest BCUT2D eigenvalue weighted by atomic mass is 9.91. The molecule has 2 unspecified atom stereocenters. The van der Waals surface area contributed by atoms with E-state index in [1.54, 1.807) is 0 Å². The molecule has 1 N–H and O–H groups in total. The van der Waals surface area contributed by atoms with Crippen molar-refractivity contribution in [3.63, 3.8) is 0 Å². The van der Waals surface area contributed by atoms with Crippen molar-refractivity contribution in [3.05, 3.63) is 0 Å². The number of carbonyl (C=O) groups is 1. The molecule has 13 heavy (non-hydrogen) atoms. The molecule has 74 valence electrons. The molecule has 0 aromatic heterocycles. The maximum Gasteiger partial charge on any atom is 0.223 e. The molecule has 2 nitrogen and oxygen atoms in total. The number of thioether (sulfide) groups is 1. The Labute approximate surface area is 83.8 Å². The Morgan fingerprint density at radius 3 is 3.08 bits per heavy atom. The van der Waals surface area contributed by atoms with Gasteiger partial charge in [0.2, 0.25) is 5.91 Å². The average Bonchev–Trinajstić information content (AvgIpc) is 2.59. The van der Waals surface area contributed by atoms with Gasteiger partial charge in [-0.25, -0.2) is 0 Å². The van der Waals surface area contributed by atoms with E-state index in [4.69, 9.17) is 0 Å². The third-order valence-corrected chi connectivity index (χ3v) is 4.84. The summed E-state index contributed by atoms with van der Waals surface area (Å²) < 4.78 is 0. The summed E-state index contributed by atoms with van der Waals surface area (Å²) in [5.74, 6) is 2.31. The van der Waals surface area contributed by atoms with Crippen molar-refractivity contribution in [2.24, 2.45) is 11.8 Å². The van der Waals surface area contributed by atoms with Crippen LogP contribution in [0, 0.1) is 11.8 Å². The van der Waals surface area contributed by atoms with Crippen LogP contribution in [0.15, 0.2) is 0 Å². The lowest BCUT2D eigenvalue weighted by Gasteiger charge is -2.16. The summed E-state index contributed by atoms with van der Waals surface area (Å²) in [4.78, 5) is 11.4. The molecule has 0 bridgehead atoms. The number of fused-ring (bicyclic) bond motifs is 1. The van der Waals surface area contributed by atoms with Crippen molar-refractivity contribution in [2.75, 3.05) is 5.75 Å². The lowest BCUT2D eigenvalue weighted by molar-refractivity contribution is -0.122. The number of nitrogens with one attached hydrogen (secondary N) is 1. The van der Waals surface area contributed by atoms with Crippen molar-refractivity contribution >= 4 is 17.7 Å². The van der Waals surface area contributed by atoms with Gasteiger partial charge in [0.1, 0.15) is 0 Å². The van der Waals surface area contributed by atoms with Crippen LogP contribution in [0.25, 0.3) is 0 Å². The third kappa shape index (κ3) is 1.47. The van der Waals surface area contributed by atoms with Gasteiger partial charge in [0, 0.05) is 23.1 Å². The Balaban J connectivity index is 2.04. The number of carbonyl (C=O) groups excluding carboxylic acids is 1. The van der Waals surface area contributed by atoms with Crippen LogP contribution in [0.3, 0.4) is 0 Å². The Hall–Kier alpha value is -0.180. The van der Waals surface area contributed by atoms with E-state index in [0.29, 0.717) is 17.2 Å². The minimum atomic E-state index is 0.249. The first kappa shape index (κ1) is 9.38. The smallest absolute Gasteiger partial charge is 0.223 e. The van der Waals surface area contributed by atoms with Gasteiger partial charge in [0.15, 0.2) is 0 Å². The van der Waals surface area contributed by atoms with Crippen LogP contribution in [0.1, 0.15) is 26.7 Å². The maximum atomic E-state index is 11.4. The SMILES string of the molecule is CCC[C@@H]1SCC2C1NC(=O)[C@H]2C. The van der Waals surface area contributed by atoms with Crippen molar-refractivity contribution < 1.29 is 4.79 Å². The highest BCUT2D eigenvalue weighted by molar-refractivity contribution is 8.00. The first-order chi connectivity index (χ1) is 6.24. The Morgan fingerprint density at radius 1 is 1.62 bits per heavy atom. The monoisotopic (exact) mass is 199 g/mol. The fraction of sp³-hybridized carbons (Fsp3) is 0.900. The van der Waals surface area contributed by atoms with Gasteiger partial charge in [-0.2, -0.15) is 11.8 Å². The van der Waals surface area contributed by atoms with Gasteiger partial charge in [0.25, 0.3) is 0 Å². The highest BCUT2D eigenvalue weighted by Crippen LogP contribution is 2.41. The van der Waals surface area contributed by atoms with Crippen LogP contribution >= 0.6 is 11.8 Å². The van der Waals surface area contributed by atoms with Gasteiger partial charge in [-0.05, 0) is 12.2 Å². The van der Waals surface area contributed by atoms with E-state index in [0.717, 1.165) is 0 Å². The topological polar surface area (TPSA) is 29.1 Å². The van der Waals surface area contributed by atoms with E-state index in [2.05, 4.69) is 30.9 Å². The molecule has 3 heteroatoms. The first-order valence-corrected chi connectivity index (χ1v) is 6.21. The highest BCUT2D eigenvalue weighted by Gasteiger charge is 2.47. The molecule has 1 amide bonds. The minimum Gasteiger partial charge on any atom is -0.352 e. The second-order valence-electron chi connectivity index (χ2n) is 4.15. The first-order valence-electron chi connectivity index (χ1n) is 5.16. The molecule has 0 saturated carbocycles. The molecule has 2 fully saturated rings. The molecule has 2 heterocycles. The minimum absolute atomic E-state index is 0.249. The van der Waals surface area contributed by atoms with Crippen LogP contribution in [-0.4, -0.2) is 23.0 Å². The fourth-order valence-corrected chi connectivity index (χ4v) is 4.26. The zero-order valence-corrected chi connectivity index (χ0v) is 9.06. The molecule has 0 spiro atoms. The van der Waals surface area contributed by atoms with Crippen molar-refractivity contribution in [3.8, 4) is 0 Å². The van der Waals surface area contributed by atoms with Crippen LogP contribution in [0.2, 0.25) is 0 Å². The average molecular weight is 199 g/mol. The number of hydrogen-bond donors (Lipinski definition) is 1. The van der Waals surface area contributed by atoms with Gasteiger partial charge in [-0.1, -0.05) is 20.3 Å². The summed E-state index contributed by atoms with van der Waals surface area (Å²) in [6, 6.07) is 0.479. The molecule has 4 atom stereocenters. The Bertz CT molecular complexity index is 219. The van der Waals surface area contributed by atoms with Crippen molar-refractivity contribution in [2.45, 2.75) is 38.0 Å². The zero-order chi connectivity index (χ0) is 9.42. The number of hydrogen-bond acceptors (Lipinski definition) is 2. The van der Waals surface area contributed by atoms with Crippen LogP contribution in [0.4, 0.5) is 0 Å². The largest absolute Gasteiger partial charge is 0.352 e. The summed E-state index contributed by atoms with van der Waals surface area (Å²) in [6.07, 6.45) is 2.48. The van der Waals surface area contributed by atoms with Crippen molar-refractivity contribution in [1.29, 1.82) is 0 Å². The summed E-state index contributed by atoms with van der Waals surface area (Å²) in [7, 11) is 0. The predicted molar refractivity (Wildman–Crippen MR) is 55.7 cm³/mol. The summed E-state index contributed by atoms with van der Waals surface area (Å²) in [5.41, 5.74) is 0. The molecule has 0 radical (unpaired) electrons. The van der Waals surface area contributed by atoms with Crippen molar-refractivity contribution in [1.82, 2.24) is 5.32 Å². The highest BCUT2D eigenvalue weighted by atomic mass is 32.2. The van der Waals surface area contributed by atoms with E-state index < -0.39 is 0 Å². The summed E-state index contributed by atoms with van der Waals surface area (Å²) in [5, 5.41) is 3.82. The summed E-state index contributed by atoms with van der Waals surface area (Å²) in [6.45, 7) is 4.28. The van der Waals surface area contributed by atoms with E-state index >= 15 is 0 Å². The lowest BCUT2D eigenvalue weighted by Crippen LogP contribution is -2.34. The number of amides is 1. The van der Waals surface area contributed by atoms with Gasteiger partial charge >= 0.3 is 0 Å². The van der Waals surface area contributed by atoms with E-state index in [1.807, 2.05) is 0 Å². The summed E-state index contributed by atoms with van der Waals surface area (Å²) >= 11 is 2.05. The van der Waals surface area contributed by atoms with Gasteiger partial charge < -0.3 is 5.32 Å². The van der Waals surface area contributed by atoms with E-state index in [9.17, 15) is 4.79 Å². The molecular weight excluding hydrogens is 182 g/mol. The van der Waals surface area contributed by atoms with Crippen LogP contribution < -0.4 is 5.32 Å². The van der Waals surface area contributed by atoms with E-state index in [-0.39, 0.29) is 11.8 Å². The fourth-order valence-electron chi connectivity index (χ4n) is 2.41.